The molecule has 0 radical (unpaired) electrons. The van der Waals surface area contributed by atoms with E-state index < -0.39 is 0 Å². The SMILES string of the molecule is BrCCN1CC=CC1. The topological polar surface area (TPSA) is 3.24 Å². The van der Waals surface area contributed by atoms with E-state index in [1.165, 1.54) is 6.54 Å². The quantitative estimate of drug-likeness (QED) is 0.452. The van der Waals surface area contributed by atoms with Crippen LogP contribution in [0, 0.1) is 0 Å². The van der Waals surface area contributed by atoms with Gasteiger partial charge in [-0.2, -0.15) is 0 Å². The molecular weight excluding hydrogens is 166 g/mol. The zero-order chi connectivity index (χ0) is 5.82. The molecule has 0 fully saturated rings. The van der Waals surface area contributed by atoms with Crippen molar-refractivity contribution >= 4 is 15.9 Å². The van der Waals surface area contributed by atoms with Gasteiger partial charge in [0.05, 0.1) is 0 Å². The second-order valence-electron chi connectivity index (χ2n) is 1.92. The lowest BCUT2D eigenvalue weighted by Crippen LogP contribution is -2.21. The lowest BCUT2D eigenvalue weighted by Gasteiger charge is -2.10. The molecule has 0 saturated carbocycles. The van der Waals surface area contributed by atoms with Crippen molar-refractivity contribution in [2.24, 2.45) is 0 Å². The molecule has 1 nitrogen and oxygen atoms in total. The van der Waals surface area contributed by atoms with Crippen LogP contribution in [0.3, 0.4) is 0 Å². The number of hydrogen-bond acceptors (Lipinski definition) is 1. The Morgan fingerprint density at radius 3 is 2.50 bits per heavy atom. The summed E-state index contributed by atoms with van der Waals surface area (Å²) in [6.07, 6.45) is 4.42. The van der Waals surface area contributed by atoms with Gasteiger partial charge < -0.3 is 0 Å². The zero-order valence-corrected chi connectivity index (χ0v) is 6.39. The van der Waals surface area contributed by atoms with Gasteiger partial charge in [-0.15, -0.1) is 0 Å². The van der Waals surface area contributed by atoms with E-state index in [1.54, 1.807) is 0 Å². The minimum Gasteiger partial charge on any atom is -0.295 e. The van der Waals surface area contributed by atoms with Crippen LogP contribution in [0.1, 0.15) is 0 Å². The number of alkyl halides is 1. The Morgan fingerprint density at radius 2 is 2.00 bits per heavy atom. The van der Waals surface area contributed by atoms with Crippen LogP contribution in [0.15, 0.2) is 12.2 Å². The molecule has 1 aliphatic heterocycles. The highest BCUT2D eigenvalue weighted by molar-refractivity contribution is 9.09. The maximum Gasteiger partial charge on any atom is 0.0167 e. The molecule has 0 aromatic rings. The molecule has 8 heavy (non-hydrogen) atoms. The lowest BCUT2D eigenvalue weighted by atomic mass is 10.6. The molecule has 1 aliphatic rings. The fraction of sp³-hybridized carbons (Fsp3) is 0.667. The van der Waals surface area contributed by atoms with Gasteiger partial charge in [0.2, 0.25) is 0 Å². The summed E-state index contributed by atoms with van der Waals surface area (Å²) in [7, 11) is 0. The third-order valence-corrected chi connectivity index (χ3v) is 1.65. The number of hydrogen-bond donors (Lipinski definition) is 0. The molecule has 0 bridgehead atoms. The fourth-order valence-corrected chi connectivity index (χ4v) is 1.33. The van der Waals surface area contributed by atoms with Crippen LogP contribution in [0.4, 0.5) is 0 Å². The predicted octanol–water partition coefficient (Wildman–Crippen LogP) is 1.25. The molecule has 0 aromatic carbocycles. The van der Waals surface area contributed by atoms with Crippen molar-refractivity contribution in [2.45, 2.75) is 0 Å². The second kappa shape index (κ2) is 3.25. The monoisotopic (exact) mass is 175 g/mol. The second-order valence-corrected chi connectivity index (χ2v) is 2.71. The molecule has 1 heterocycles. The van der Waals surface area contributed by atoms with Gasteiger partial charge in [0.25, 0.3) is 0 Å². The first kappa shape index (κ1) is 6.30. The third kappa shape index (κ3) is 1.60. The van der Waals surface area contributed by atoms with Gasteiger partial charge in [-0.05, 0) is 0 Å². The summed E-state index contributed by atoms with van der Waals surface area (Å²) in [5, 5.41) is 1.09. The van der Waals surface area contributed by atoms with E-state index in [2.05, 4.69) is 33.0 Å². The molecule has 0 unspecified atom stereocenters. The van der Waals surface area contributed by atoms with E-state index >= 15 is 0 Å². The highest BCUT2D eigenvalue weighted by Crippen LogP contribution is 1.98. The largest absolute Gasteiger partial charge is 0.295 e. The third-order valence-electron chi connectivity index (χ3n) is 1.29. The Balaban J connectivity index is 2.10. The van der Waals surface area contributed by atoms with Gasteiger partial charge in [0.15, 0.2) is 0 Å². The van der Waals surface area contributed by atoms with Crippen LogP contribution in [0.5, 0.6) is 0 Å². The van der Waals surface area contributed by atoms with Crippen LogP contribution in [-0.4, -0.2) is 29.9 Å². The maximum absolute atomic E-state index is 3.39. The van der Waals surface area contributed by atoms with Crippen molar-refractivity contribution in [3.8, 4) is 0 Å². The van der Waals surface area contributed by atoms with E-state index in [9.17, 15) is 0 Å². The van der Waals surface area contributed by atoms with Crippen LogP contribution < -0.4 is 0 Å². The van der Waals surface area contributed by atoms with E-state index in [4.69, 9.17) is 0 Å². The van der Waals surface area contributed by atoms with E-state index in [0.29, 0.717) is 0 Å². The summed E-state index contributed by atoms with van der Waals surface area (Å²) in [6.45, 7) is 3.46. The highest BCUT2D eigenvalue weighted by atomic mass is 79.9. The molecule has 0 spiro atoms. The van der Waals surface area contributed by atoms with Crippen LogP contribution in [0.2, 0.25) is 0 Å². The van der Waals surface area contributed by atoms with Crippen molar-refractivity contribution in [3.05, 3.63) is 12.2 Å². The van der Waals surface area contributed by atoms with Crippen molar-refractivity contribution in [3.63, 3.8) is 0 Å². The Hall–Kier alpha value is 0.180. The van der Waals surface area contributed by atoms with Crippen molar-refractivity contribution < 1.29 is 0 Å². The first-order valence-electron chi connectivity index (χ1n) is 2.87. The zero-order valence-electron chi connectivity index (χ0n) is 4.81. The summed E-state index contributed by atoms with van der Waals surface area (Å²) < 4.78 is 0. The summed E-state index contributed by atoms with van der Waals surface area (Å²) in [6, 6.07) is 0. The van der Waals surface area contributed by atoms with E-state index in [0.717, 1.165) is 18.4 Å². The first-order valence-corrected chi connectivity index (χ1v) is 3.99. The molecule has 1 rings (SSSR count). The summed E-state index contributed by atoms with van der Waals surface area (Å²) >= 11 is 3.39. The van der Waals surface area contributed by atoms with Gasteiger partial charge in [-0.25, -0.2) is 0 Å². The Labute approximate surface area is 58.5 Å². The standard InChI is InChI=1S/C6H10BrN/c7-3-6-8-4-1-2-5-8/h1-2H,3-6H2. The minimum atomic E-state index is 1.09. The fourth-order valence-electron chi connectivity index (χ4n) is 0.824. The Morgan fingerprint density at radius 1 is 1.38 bits per heavy atom. The normalized spacial score (nSPS) is 20.1. The van der Waals surface area contributed by atoms with E-state index in [1.807, 2.05) is 0 Å². The number of rotatable bonds is 2. The van der Waals surface area contributed by atoms with Crippen LogP contribution in [0.25, 0.3) is 0 Å². The van der Waals surface area contributed by atoms with Crippen molar-refractivity contribution in [2.75, 3.05) is 25.0 Å². The molecule has 0 amide bonds. The van der Waals surface area contributed by atoms with Gasteiger partial charge >= 0.3 is 0 Å². The lowest BCUT2D eigenvalue weighted by molar-refractivity contribution is 0.378. The first-order chi connectivity index (χ1) is 3.93. The molecule has 0 atom stereocenters. The van der Waals surface area contributed by atoms with Crippen LogP contribution >= 0.6 is 15.9 Å². The van der Waals surface area contributed by atoms with Gasteiger partial charge in [-0.3, -0.25) is 4.90 Å². The molecule has 0 aromatic heterocycles. The summed E-state index contributed by atoms with van der Waals surface area (Å²) in [5.74, 6) is 0. The molecule has 0 aliphatic carbocycles. The van der Waals surface area contributed by atoms with Gasteiger partial charge in [-0.1, -0.05) is 28.1 Å². The number of nitrogens with zero attached hydrogens (tertiary/aromatic N) is 1. The summed E-state index contributed by atoms with van der Waals surface area (Å²) in [4.78, 5) is 2.38. The minimum absolute atomic E-state index is 1.09. The van der Waals surface area contributed by atoms with Crippen LogP contribution in [-0.2, 0) is 0 Å². The van der Waals surface area contributed by atoms with E-state index in [-0.39, 0.29) is 0 Å². The highest BCUT2D eigenvalue weighted by Gasteiger charge is 2.02. The average Bonchev–Trinajstić information content (AvgIpc) is 2.19. The molecule has 2 heteroatoms. The molecule has 0 saturated heterocycles. The van der Waals surface area contributed by atoms with Crippen molar-refractivity contribution in [1.82, 2.24) is 4.90 Å². The average molecular weight is 176 g/mol. The molecular formula is C6H10BrN. The predicted molar refractivity (Wildman–Crippen MR) is 39.4 cm³/mol. The molecule has 0 N–H and O–H groups in total. The molecule has 46 valence electrons. The smallest absolute Gasteiger partial charge is 0.0167 e. The Kier molecular flexibility index (Phi) is 2.56. The van der Waals surface area contributed by atoms with Gasteiger partial charge in [0, 0.05) is 25.0 Å². The number of halogens is 1. The Bertz CT molecular complexity index is 82.5. The van der Waals surface area contributed by atoms with Crippen molar-refractivity contribution in [1.29, 1.82) is 0 Å². The maximum atomic E-state index is 3.39. The van der Waals surface area contributed by atoms with Gasteiger partial charge in [0.1, 0.15) is 0 Å². The summed E-state index contributed by atoms with van der Waals surface area (Å²) in [5.41, 5.74) is 0.